The van der Waals surface area contributed by atoms with E-state index in [4.69, 9.17) is 5.73 Å². The lowest BCUT2D eigenvalue weighted by molar-refractivity contribution is 0.595. The number of nitrogen functional groups attached to an aromatic ring is 1. The second kappa shape index (κ2) is 4.78. The Morgan fingerprint density at radius 1 is 1.06 bits per heavy atom. The van der Waals surface area contributed by atoms with Crippen molar-refractivity contribution in [2.75, 3.05) is 5.73 Å². The SMILES string of the molecule is Nc1cccc(S(=O)(=O)Cc2ccc(F)cc2)c1. The summed E-state index contributed by atoms with van der Waals surface area (Å²) in [5, 5.41) is 0. The van der Waals surface area contributed by atoms with Crippen LogP contribution in [0.15, 0.2) is 53.4 Å². The summed E-state index contributed by atoms with van der Waals surface area (Å²) in [6.45, 7) is 0. The van der Waals surface area contributed by atoms with Gasteiger partial charge in [0.2, 0.25) is 0 Å². The molecule has 0 unspecified atom stereocenters. The molecule has 0 amide bonds. The van der Waals surface area contributed by atoms with Gasteiger partial charge in [0.25, 0.3) is 0 Å². The molecule has 18 heavy (non-hydrogen) atoms. The summed E-state index contributed by atoms with van der Waals surface area (Å²) in [5.41, 5.74) is 6.49. The third kappa shape index (κ3) is 2.87. The molecule has 0 fully saturated rings. The number of benzene rings is 2. The van der Waals surface area contributed by atoms with Crippen LogP contribution in [0.5, 0.6) is 0 Å². The minimum Gasteiger partial charge on any atom is -0.399 e. The quantitative estimate of drug-likeness (QED) is 0.867. The number of hydrogen-bond donors (Lipinski definition) is 1. The first kappa shape index (κ1) is 12.6. The van der Waals surface area contributed by atoms with Gasteiger partial charge < -0.3 is 5.73 Å². The van der Waals surface area contributed by atoms with Gasteiger partial charge in [0, 0.05) is 5.69 Å². The number of rotatable bonds is 3. The minimum absolute atomic E-state index is 0.170. The van der Waals surface area contributed by atoms with Crippen LogP contribution >= 0.6 is 0 Å². The van der Waals surface area contributed by atoms with Crippen molar-refractivity contribution >= 4 is 15.5 Å². The predicted molar refractivity (Wildman–Crippen MR) is 68.1 cm³/mol. The van der Waals surface area contributed by atoms with Crippen molar-refractivity contribution in [1.29, 1.82) is 0 Å². The standard InChI is InChI=1S/C13H12FNO2S/c14-11-6-4-10(5-7-11)9-18(16,17)13-3-1-2-12(15)8-13/h1-8H,9,15H2. The fraction of sp³-hybridized carbons (Fsp3) is 0.0769. The molecule has 0 aromatic heterocycles. The van der Waals surface area contributed by atoms with E-state index in [0.717, 1.165) is 0 Å². The van der Waals surface area contributed by atoms with Crippen LogP contribution in [0.3, 0.4) is 0 Å². The smallest absolute Gasteiger partial charge is 0.182 e. The van der Waals surface area contributed by atoms with E-state index in [1.807, 2.05) is 0 Å². The highest BCUT2D eigenvalue weighted by molar-refractivity contribution is 7.90. The topological polar surface area (TPSA) is 60.2 Å². The Bertz CT molecular complexity index is 651. The maximum atomic E-state index is 12.7. The van der Waals surface area contributed by atoms with E-state index >= 15 is 0 Å². The Balaban J connectivity index is 2.30. The lowest BCUT2D eigenvalue weighted by Gasteiger charge is -2.05. The average Bonchev–Trinajstić information content (AvgIpc) is 2.32. The molecule has 94 valence electrons. The Kier molecular flexibility index (Phi) is 3.34. The van der Waals surface area contributed by atoms with Crippen LogP contribution in [0.4, 0.5) is 10.1 Å². The second-order valence-corrected chi connectivity index (χ2v) is 5.95. The number of nitrogens with two attached hydrogens (primary N) is 1. The molecular weight excluding hydrogens is 253 g/mol. The first-order valence-corrected chi connectivity index (χ1v) is 6.95. The molecule has 0 heterocycles. The van der Waals surface area contributed by atoms with Crippen molar-refractivity contribution in [2.45, 2.75) is 10.6 Å². The van der Waals surface area contributed by atoms with Gasteiger partial charge in [0.1, 0.15) is 5.82 Å². The minimum atomic E-state index is -3.45. The molecule has 0 aliphatic carbocycles. The van der Waals surface area contributed by atoms with Crippen LogP contribution in [0.2, 0.25) is 0 Å². The number of hydrogen-bond acceptors (Lipinski definition) is 3. The summed E-state index contributed by atoms with van der Waals surface area (Å²) in [5.74, 6) is -0.559. The fourth-order valence-electron chi connectivity index (χ4n) is 1.59. The highest BCUT2D eigenvalue weighted by atomic mass is 32.2. The van der Waals surface area contributed by atoms with Crippen molar-refractivity contribution in [1.82, 2.24) is 0 Å². The molecular formula is C13H12FNO2S. The predicted octanol–water partition coefficient (Wildman–Crippen LogP) is 2.38. The molecule has 0 saturated heterocycles. The van der Waals surface area contributed by atoms with E-state index in [1.165, 1.54) is 36.4 Å². The van der Waals surface area contributed by atoms with E-state index < -0.39 is 9.84 Å². The van der Waals surface area contributed by atoms with Gasteiger partial charge in [-0.2, -0.15) is 0 Å². The molecule has 2 aromatic rings. The van der Waals surface area contributed by atoms with Gasteiger partial charge in [-0.1, -0.05) is 18.2 Å². The Morgan fingerprint density at radius 2 is 1.72 bits per heavy atom. The van der Waals surface area contributed by atoms with Crippen LogP contribution in [-0.2, 0) is 15.6 Å². The lowest BCUT2D eigenvalue weighted by atomic mass is 10.2. The summed E-state index contributed by atoms with van der Waals surface area (Å²) >= 11 is 0. The Hall–Kier alpha value is -1.88. The maximum absolute atomic E-state index is 12.7. The molecule has 5 heteroatoms. The van der Waals surface area contributed by atoms with Gasteiger partial charge in [0.05, 0.1) is 10.6 Å². The van der Waals surface area contributed by atoms with Crippen molar-refractivity contribution in [3.63, 3.8) is 0 Å². The van der Waals surface area contributed by atoms with Crippen molar-refractivity contribution < 1.29 is 12.8 Å². The zero-order valence-electron chi connectivity index (χ0n) is 9.51. The number of anilines is 1. The summed E-state index contributed by atoms with van der Waals surface area (Å²) in [6.07, 6.45) is 0. The molecule has 0 atom stereocenters. The zero-order valence-corrected chi connectivity index (χ0v) is 10.3. The van der Waals surface area contributed by atoms with Crippen LogP contribution in [0.25, 0.3) is 0 Å². The van der Waals surface area contributed by atoms with E-state index in [2.05, 4.69) is 0 Å². The van der Waals surface area contributed by atoms with Gasteiger partial charge in [0.15, 0.2) is 9.84 Å². The van der Waals surface area contributed by atoms with Crippen molar-refractivity contribution in [2.24, 2.45) is 0 Å². The molecule has 0 radical (unpaired) electrons. The van der Waals surface area contributed by atoms with Crippen molar-refractivity contribution in [3.8, 4) is 0 Å². The van der Waals surface area contributed by atoms with Crippen LogP contribution in [0, 0.1) is 5.82 Å². The molecule has 0 aliphatic heterocycles. The Labute approximate surface area is 105 Å². The van der Waals surface area contributed by atoms with Crippen LogP contribution < -0.4 is 5.73 Å². The summed E-state index contributed by atoms with van der Waals surface area (Å²) in [4.78, 5) is 0.173. The first-order chi connectivity index (χ1) is 8.47. The summed E-state index contributed by atoms with van der Waals surface area (Å²) in [7, 11) is -3.45. The van der Waals surface area contributed by atoms with Crippen LogP contribution in [-0.4, -0.2) is 8.42 Å². The van der Waals surface area contributed by atoms with Gasteiger partial charge in [-0.25, -0.2) is 12.8 Å². The number of halogens is 1. The molecule has 0 bridgehead atoms. The molecule has 2 rings (SSSR count). The van der Waals surface area contributed by atoms with Crippen LogP contribution in [0.1, 0.15) is 5.56 Å². The van der Waals surface area contributed by atoms with Crippen molar-refractivity contribution in [3.05, 3.63) is 59.9 Å². The van der Waals surface area contributed by atoms with Gasteiger partial charge in [-0.05, 0) is 35.9 Å². The maximum Gasteiger partial charge on any atom is 0.182 e. The first-order valence-electron chi connectivity index (χ1n) is 5.30. The third-order valence-corrected chi connectivity index (χ3v) is 4.17. The molecule has 0 aliphatic rings. The monoisotopic (exact) mass is 265 g/mol. The highest BCUT2D eigenvalue weighted by Gasteiger charge is 2.15. The number of sulfone groups is 1. The largest absolute Gasteiger partial charge is 0.399 e. The normalized spacial score (nSPS) is 11.4. The third-order valence-electron chi connectivity index (χ3n) is 2.49. The molecule has 0 saturated carbocycles. The summed E-state index contributed by atoms with van der Waals surface area (Å²) < 4.78 is 36.9. The zero-order chi connectivity index (χ0) is 13.2. The molecule has 0 spiro atoms. The fourth-order valence-corrected chi connectivity index (χ4v) is 2.99. The van der Waals surface area contributed by atoms with E-state index in [1.54, 1.807) is 12.1 Å². The highest BCUT2D eigenvalue weighted by Crippen LogP contribution is 2.18. The summed E-state index contributed by atoms with van der Waals surface area (Å²) in [6, 6.07) is 11.5. The lowest BCUT2D eigenvalue weighted by Crippen LogP contribution is -2.05. The van der Waals surface area contributed by atoms with Gasteiger partial charge >= 0.3 is 0 Å². The molecule has 2 N–H and O–H groups in total. The van der Waals surface area contributed by atoms with E-state index in [-0.39, 0.29) is 16.5 Å². The van der Waals surface area contributed by atoms with Gasteiger partial charge in [-0.15, -0.1) is 0 Å². The average molecular weight is 265 g/mol. The van der Waals surface area contributed by atoms with E-state index in [0.29, 0.717) is 11.3 Å². The van der Waals surface area contributed by atoms with Gasteiger partial charge in [-0.3, -0.25) is 0 Å². The van der Waals surface area contributed by atoms with E-state index in [9.17, 15) is 12.8 Å². The molecule has 2 aromatic carbocycles. The molecule has 3 nitrogen and oxygen atoms in total. The Morgan fingerprint density at radius 3 is 2.33 bits per heavy atom. The second-order valence-electron chi connectivity index (χ2n) is 3.96.